The van der Waals surface area contributed by atoms with Gasteiger partial charge in [-0.05, 0) is 47.8 Å². The highest BCUT2D eigenvalue weighted by Gasteiger charge is 2.09. The van der Waals surface area contributed by atoms with E-state index in [4.69, 9.17) is 0 Å². The molecule has 0 atom stereocenters. The summed E-state index contributed by atoms with van der Waals surface area (Å²) in [7, 11) is 0. The number of anilines is 3. The van der Waals surface area contributed by atoms with Gasteiger partial charge in [0.25, 0.3) is 0 Å². The van der Waals surface area contributed by atoms with Crippen LogP contribution in [0.1, 0.15) is 24.5 Å². The fourth-order valence-electron chi connectivity index (χ4n) is 1.87. The Labute approximate surface area is 128 Å². The fraction of sp³-hybridized carbons (Fsp3) is 0.333. The second kappa shape index (κ2) is 6.70. The summed E-state index contributed by atoms with van der Waals surface area (Å²) in [6, 6.07) is 6.11. The predicted octanol–water partition coefficient (Wildman–Crippen LogP) is 4.42. The van der Waals surface area contributed by atoms with Gasteiger partial charge in [0.1, 0.15) is 18.0 Å². The Morgan fingerprint density at radius 2 is 1.90 bits per heavy atom. The molecular formula is C15H19BrN4. The summed E-state index contributed by atoms with van der Waals surface area (Å²) in [4.78, 5) is 8.61. The van der Waals surface area contributed by atoms with Crippen LogP contribution in [-0.4, -0.2) is 16.5 Å². The molecule has 0 saturated carbocycles. The average molecular weight is 335 g/mol. The minimum Gasteiger partial charge on any atom is -0.370 e. The third-order valence-electron chi connectivity index (χ3n) is 3.07. The molecule has 1 aromatic heterocycles. The molecule has 0 aliphatic rings. The van der Waals surface area contributed by atoms with Crippen molar-refractivity contribution >= 4 is 33.3 Å². The number of nitrogens with one attached hydrogen (secondary N) is 2. The fourth-order valence-corrected chi connectivity index (χ4v) is 2.23. The number of aryl methyl sites for hydroxylation is 1. The van der Waals surface area contributed by atoms with Crippen LogP contribution < -0.4 is 10.6 Å². The summed E-state index contributed by atoms with van der Waals surface area (Å²) in [6.07, 6.45) is 2.65. The molecule has 0 aliphatic carbocycles. The maximum atomic E-state index is 4.33. The minimum atomic E-state index is 0.824. The van der Waals surface area contributed by atoms with Crippen LogP contribution in [0.5, 0.6) is 0 Å². The Morgan fingerprint density at radius 1 is 1.15 bits per heavy atom. The number of benzene rings is 1. The molecule has 1 aromatic carbocycles. The van der Waals surface area contributed by atoms with Gasteiger partial charge in [0.05, 0.1) is 5.69 Å². The van der Waals surface area contributed by atoms with Crippen LogP contribution >= 0.6 is 15.9 Å². The third-order valence-corrected chi connectivity index (χ3v) is 4.12. The molecule has 106 valence electrons. The molecule has 2 N–H and O–H groups in total. The van der Waals surface area contributed by atoms with E-state index in [9.17, 15) is 0 Å². The van der Waals surface area contributed by atoms with E-state index < -0.39 is 0 Å². The van der Waals surface area contributed by atoms with E-state index in [1.54, 1.807) is 6.33 Å². The van der Waals surface area contributed by atoms with Gasteiger partial charge in [0.2, 0.25) is 0 Å². The van der Waals surface area contributed by atoms with E-state index in [1.165, 1.54) is 5.56 Å². The number of nitrogens with zero attached hydrogens (tertiary/aromatic N) is 2. The smallest absolute Gasteiger partial charge is 0.138 e. The summed E-state index contributed by atoms with van der Waals surface area (Å²) in [5.41, 5.74) is 3.22. The monoisotopic (exact) mass is 334 g/mol. The van der Waals surface area contributed by atoms with Crippen molar-refractivity contribution in [3.63, 3.8) is 0 Å². The van der Waals surface area contributed by atoms with Gasteiger partial charge in [-0.3, -0.25) is 0 Å². The molecular weight excluding hydrogens is 316 g/mol. The Balaban J connectivity index is 2.27. The molecule has 0 amide bonds. The van der Waals surface area contributed by atoms with Crippen LogP contribution in [0.3, 0.4) is 0 Å². The van der Waals surface area contributed by atoms with Crippen LogP contribution in [0.4, 0.5) is 17.3 Å². The van der Waals surface area contributed by atoms with Gasteiger partial charge in [-0.15, -0.1) is 0 Å². The van der Waals surface area contributed by atoms with Crippen molar-refractivity contribution in [3.8, 4) is 0 Å². The van der Waals surface area contributed by atoms with Crippen molar-refractivity contribution in [2.45, 2.75) is 27.2 Å². The molecule has 0 unspecified atom stereocenters. The normalized spacial score (nSPS) is 10.4. The highest BCUT2D eigenvalue weighted by molar-refractivity contribution is 9.10. The second-order valence-electron chi connectivity index (χ2n) is 4.68. The number of hydrogen-bond acceptors (Lipinski definition) is 4. The topological polar surface area (TPSA) is 49.8 Å². The van der Waals surface area contributed by atoms with E-state index >= 15 is 0 Å². The summed E-state index contributed by atoms with van der Waals surface area (Å²) in [6.45, 7) is 7.12. The molecule has 1 heterocycles. The highest BCUT2D eigenvalue weighted by Crippen LogP contribution is 2.30. The van der Waals surface area contributed by atoms with E-state index in [0.717, 1.165) is 40.3 Å². The Kier molecular flexibility index (Phi) is 4.95. The SMILES string of the molecule is CCCNc1ncnc(Nc2cccc(C)c2Br)c1C. The predicted molar refractivity (Wildman–Crippen MR) is 87.7 cm³/mol. The first-order valence-electron chi connectivity index (χ1n) is 6.71. The molecule has 0 bridgehead atoms. The summed E-state index contributed by atoms with van der Waals surface area (Å²) >= 11 is 3.60. The molecule has 4 nitrogen and oxygen atoms in total. The lowest BCUT2D eigenvalue weighted by Crippen LogP contribution is -2.07. The van der Waals surface area contributed by atoms with Crippen LogP contribution in [-0.2, 0) is 0 Å². The lowest BCUT2D eigenvalue weighted by atomic mass is 10.2. The number of aromatic nitrogens is 2. The van der Waals surface area contributed by atoms with E-state index in [0.29, 0.717) is 0 Å². The van der Waals surface area contributed by atoms with Crippen LogP contribution in [0.15, 0.2) is 29.0 Å². The lowest BCUT2D eigenvalue weighted by Gasteiger charge is -2.14. The Hall–Kier alpha value is -1.62. The van der Waals surface area contributed by atoms with Crippen molar-refractivity contribution in [2.75, 3.05) is 17.2 Å². The van der Waals surface area contributed by atoms with E-state index in [-0.39, 0.29) is 0 Å². The quantitative estimate of drug-likeness (QED) is 0.849. The van der Waals surface area contributed by atoms with Gasteiger partial charge >= 0.3 is 0 Å². The van der Waals surface area contributed by atoms with Crippen molar-refractivity contribution in [2.24, 2.45) is 0 Å². The lowest BCUT2D eigenvalue weighted by molar-refractivity contribution is 0.960. The zero-order valence-electron chi connectivity index (χ0n) is 12.0. The van der Waals surface area contributed by atoms with Crippen molar-refractivity contribution in [3.05, 3.63) is 40.1 Å². The molecule has 0 spiro atoms. The standard InChI is InChI=1S/C15H19BrN4/c1-4-8-17-14-11(3)15(19-9-18-14)20-12-7-5-6-10(2)13(12)16/h5-7,9H,4,8H2,1-3H3,(H2,17,18,19,20). The van der Waals surface area contributed by atoms with Gasteiger partial charge < -0.3 is 10.6 Å². The molecule has 5 heteroatoms. The third kappa shape index (κ3) is 3.28. The zero-order valence-corrected chi connectivity index (χ0v) is 13.6. The first kappa shape index (κ1) is 14.8. The van der Waals surface area contributed by atoms with Crippen LogP contribution in [0.2, 0.25) is 0 Å². The van der Waals surface area contributed by atoms with E-state index in [2.05, 4.69) is 56.4 Å². The van der Waals surface area contributed by atoms with Crippen molar-refractivity contribution < 1.29 is 0 Å². The van der Waals surface area contributed by atoms with Crippen LogP contribution in [0.25, 0.3) is 0 Å². The van der Waals surface area contributed by atoms with Crippen molar-refractivity contribution in [1.29, 1.82) is 0 Å². The maximum Gasteiger partial charge on any atom is 0.138 e. The van der Waals surface area contributed by atoms with Gasteiger partial charge in [0, 0.05) is 16.6 Å². The van der Waals surface area contributed by atoms with Gasteiger partial charge in [0.15, 0.2) is 0 Å². The maximum absolute atomic E-state index is 4.33. The first-order chi connectivity index (χ1) is 9.63. The average Bonchev–Trinajstić information content (AvgIpc) is 2.44. The Bertz CT molecular complexity index is 598. The highest BCUT2D eigenvalue weighted by atomic mass is 79.9. The van der Waals surface area contributed by atoms with Crippen molar-refractivity contribution in [1.82, 2.24) is 9.97 Å². The van der Waals surface area contributed by atoms with Gasteiger partial charge in [-0.1, -0.05) is 19.1 Å². The minimum absolute atomic E-state index is 0.824. The molecule has 20 heavy (non-hydrogen) atoms. The molecule has 0 aliphatic heterocycles. The van der Waals surface area contributed by atoms with Gasteiger partial charge in [-0.2, -0.15) is 0 Å². The van der Waals surface area contributed by atoms with E-state index in [1.807, 2.05) is 19.1 Å². The first-order valence-corrected chi connectivity index (χ1v) is 7.50. The number of hydrogen-bond donors (Lipinski definition) is 2. The molecule has 2 aromatic rings. The molecule has 0 radical (unpaired) electrons. The van der Waals surface area contributed by atoms with Gasteiger partial charge in [-0.25, -0.2) is 9.97 Å². The second-order valence-corrected chi connectivity index (χ2v) is 5.48. The Morgan fingerprint density at radius 3 is 2.65 bits per heavy atom. The number of halogens is 1. The summed E-state index contributed by atoms with van der Waals surface area (Å²) < 4.78 is 1.06. The molecule has 0 fully saturated rings. The summed E-state index contributed by atoms with van der Waals surface area (Å²) in [5, 5.41) is 6.67. The zero-order chi connectivity index (χ0) is 14.5. The molecule has 0 saturated heterocycles. The summed E-state index contributed by atoms with van der Waals surface area (Å²) in [5.74, 6) is 1.71. The van der Waals surface area contributed by atoms with Crippen LogP contribution in [0, 0.1) is 13.8 Å². The number of rotatable bonds is 5. The largest absolute Gasteiger partial charge is 0.370 e. The molecule has 2 rings (SSSR count).